The molecule has 33 heavy (non-hydrogen) atoms. The Morgan fingerprint density at radius 3 is 2.33 bits per heavy atom. The molecule has 0 radical (unpaired) electrons. The second-order valence-corrected chi connectivity index (χ2v) is 10.1. The van der Waals surface area contributed by atoms with Crippen LogP contribution in [0.25, 0.3) is 10.1 Å². The molecule has 0 aliphatic carbocycles. The van der Waals surface area contributed by atoms with E-state index in [4.69, 9.17) is 4.74 Å². The Hall–Kier alpha value is -3.27. The Morgan fingerprint density at radius 1 is 1.00 bits per heavy atom. The van der Waals surface area contributed by atoms with Gasteiger partial charge in [0.15, 0.2) is 0 Å². The van der Waals surface area contributed by atoms with Crippen LogP contribution >= 0.6 is 11.3 Å². The number of thiophene rings is 1. The van der Waals surface area contributed by atoms with E-state index in [1.807, 2.05) is 6.92 Å². The number of aryl methyl sites for hydroxylation is 1. The van der Waals surface area contributed by atoms with Crippen molar-refractivity contribution in [1.82, 2.24) is 0 Å². The molecule has 0 aliphatic heterocycles. The second kappa shape index (κ2) is 9.30. The van der Waals surface area contributed by atoms with E-state index < -0.39 is 21.7 Å². The maximum Gasteiger partial charge on any atom is 0.266 e. The lowest BCUT2D eigenvalue weighted by molar-refractivity contribution is 0.102. The van der Waals surface area contributed by atoms with Gasteiger partial charge in [0.2, 0.25) is 0 Å². The number of carbonyl (C=O) groups is 1. The number of hydrogen-bond acceptors (Lipinski definition) is 5. The highest BCUT2D eigenvalue weighted by Crippen LogP contribution is 2.34. The second-order valence-electron chi connectivity index (χ2n) is 7.41. The number of amides is 1. The Bertz CT molecular complexity index is 1410. The molecule has 1 amide bonds. The molecule has 4 rings (SSSR count). The van der Waals surface area contributed by atoms with Gasteiger partial charge in [-0.3, -0.25) is 9.52 Å². The first-order chi connectivity index (χ1) is 15.8. The molecule has 0 bridgehead atoms. The first-order valence-electron chi connectivity index (χ1n) is 9.98. The third-order valence-electron chi connectivity index (χ3n) is 4.98. The van der Waals surface area contributed by atoms with E-state index in [1.165, 1.54) is 36.6 Å². The number of fused-ring (bicyclic) bond motifs is 1. The van der Waals surface area contributed by atoms with Crippen LogP contribution in [-0.2, 0) is 21.4 Å². The van der Waals surface area contributed by atoms with Gasteiger partial charge in [0.25, 0.3) is 15.9 Å². The van der Waals surface area contributed by atoms with E-state index in [9.17, 15) is 17.6 Å². The van der Waals surface area contributed by atoms with Crippen LogP contribution in [0.15, 0.2) is 71.6 Å². The van der Waals surface area contributed by atoms with Gasteiger partial charge in [-0.2, -0.15) is 0 Å². The van der Waals surface area contributed by atoms with E-state index in [0.29, 0.717) is 31.9 Å². The molecular weight excluding hydrogens is 463 g/mol. The molecule has 1 heterocycles. The van der Waals surface area contributed by atoms with E-state index in [2.05, 4.69) is 10.0 Å². The number of hydrogen-bond donors (Lipinski definition) is 2. The monoisotopic (exact) mass is 484 g/mol. The number of ether oxygens (including phenoxy) is 1. The third kappa shape index (κ3) is 4.90. The van der Waals surface area contributed by atoms with Crippen LogP contribution < -0.4 is 10.0 Å². The van der Waals surface area contributed by atoms with Crippen molar-refractivity contribution in [2.24, 2.45) is 0 Å². The quantitative estimate of drug-likeness (QED) is 0.360. The summed E-state index contributed by atoms with van der Waals surface area (Å²) in [6.07, 6.45) is 0. The normalized spacial score (nSPS) is 11.5. The molecule has 170 valence electrons. The molecule has 4 aromatic rings. The van der Waals surface area contributed by atoms with Crippen molar-refractivity contribution in [3.63, 3.8) is 0 Å². The fraction of sp³-hybridized carbons (Fsp3) is 0.125. The number of nitrogens with one attached hydrogen (secondary N) is 2. The molecule has 0 spiro atoms. The van der Waals surface area contributed by atoms with E-state index >= 15 is 0 Å². The lowest BCUT2D eigenvalue weighted by Gasteiger charge is -2.10. The van der Waals surface area contributed by atoms with Crippen molar-refractivity contribution in [3.05, 3.63) is 88.6 Å². The summed E-state index contributed by atoms with van der Waals surface area (Å²) in [7, 11) is -2.24. The Balaban J connectivity index is 1.53. The highest BCUT2D eigenvalue weighted by atomic mass is 32.2. The third-order valence-corrected chi connectivity index (χ3v) is 7.58. The highest BCUT2D eigenvalue weighted by molar-refractivity contribution is 7.92. The number of carbonyl (C=O) groups excluding carboxylic acids is 1. The average molecular weight is 485 g/mol. The maximum atomic E-state index is 14.4. The summed E-state index contributed by atoms with van der Waals surface area (Å²) in [5.41, 5.74) is 2.29. The summed E-state index contributed by atoms with van der Waals surface area (Å²) in [5.74, 6) is -0.796. The zero-order valence-corrected chi connectivity index (χ0v) is 19.5. The van der Waals surface area contributed by atoms with Crippen LogP contribution in [0.5, 0.6) is 0 Å². The van der Waals surface area contributed by atoms with E-state index in [0.717, 1.165) is 5.56 Å². The van der Waals surface area contributed by atoms with Crippen LogP contribution in [0, 0.1) is 12.7 Å². The summed E-state index contributed by atoms with van der Waals surface area (Å²) in [6.45, 7) is 1.98. The molecule has 9 heteroatoms. The van der Waals surface area contributed by atoms with Crippen molar-refractivity contribution in [1.29, 1.82) is 0 Å². The van der Waals surface area contributed by atoms with Gasteiger partial charge in [0.05, 0.1) is 16.4 Å². The highest BCUT2D eigenvalue weighted by Gasteiger charge is 2.21. The summed E-state index contributed by atoms with van der Waals surface area (Å²) < 4.78 is 47.8. The van der Waals surface area contributed by atoms with Crippen molar-refractivity contribution in [2.45, 2.75) is 18.4 Å². The molecule has 2 N–H and O–H groups in total. The van der Waals surface area contributed by atoms with Gasteiger partial charge in [-0.1, -0.05) is 23.8 Å². The summed E-state index contributed by atoms with van der Waals surface area (Å²) in [5, 5.41) is 3.17. The Kier molecular flexibility index (Phi) is 6.46. The fourth-order valence-electron chi connectivity index (χ4n) is 3.37. The number of rotatable bonds is 7. The Labute approximate surface area is 195 Å². The first kappa shape index (κ1) is 22.9. The standard InChI is InChI=1S/C24H21FN2O4S2/c1-15-6-12-18(13-7-15)33(29,30)27-17-10-8-16(9-11-17)26-24(28)23-19(14-31-2)22-20(25)4-3-5-21(22)32-23/h3-13,27H,14H2,1-2H3,(H,26,28). The topological polar surface area (TPSA) is 84.5 Å². The number of sulfonamides is 1. The number of benzene rings is 3. The molecule has 0 unspecified atom stereocenters. The van der Waals surface area contributed by atoms with Gasteiger partial charge in [0.1, 0.15) is 5.82 Å². The Morgan fingerprint density at radius 2 is 1.67 bits per heavy atom. The minimum Gasteiger partial charge on any atom is -0.380 e. The van der Waals surface area contributed by atoms with Gasteiger partial charge in [-0.25, -0.2) is 12.8 Å². The molecular formula is C24H21FN2O4S2. The fourth-order valence-corrected chi connectivity index (χ4v) is 5.55. The average Bonchev–Trinajstić information content (AvgIpc) is 3.15. The van der Waals surface area contributed by atoms with Crippen LogP contribution in [0.2, 0.25) is 0 Å². The van der Waals surface area contributed by atoms with Crippen molar-refractivity contribution < 1.29 is 22.3 Å². The number of methoxy groups -OCH3 is 1. The molecule has 0 saturated heterocycles. The number of halogens is 1. The van der Waals surface area contributed by atoms with Gasteiger partial charge in [0, 0.05) is 34.1 Å². The van der Waals surface area contributed by atoms with Crippen LogP contribution in [-0.4, -0.2) is 21.4 Å². The first-order valence-corrected chi connectivity index (χ1v) is 12.3. The van der Waals surface area contributed by atoms with Crippen LogP contribution in [0.4, 0.5) is 15.8 Å². The summed E-state index contributed by atoms with van der Waals surface area (Å²) in [4.78, 5) is 13.4. The smallest absolute Gasteiger partial charge is 0.266 e. The summed E-state index contributed by atoms with van der Waals surface area (Å²) in [6, 6.07) is 17.5. The van der Waals surface area contributed by atoms with Crippen LogP contribution in [0.3, 0.4) is 0 Å². The van der Waals surface area contributed by atoms with Crippen LogP contribution in [0.1, 0.15) is 20.8 Å². The molecule has 3 aromatic carbocycles. The zero-order chi connectivity index (χ0) is 23.6. The zero-order valence-electron chi connectivity index (χ0n) is 17.9. The predicted molar refractivity (Wildman–Crippen MR) is 129 cm³/mol. The van der Waals surface area contributed by atoms with Crippen molar-refractivity contribution in [3.8, 4) is 0 Å². The molecule has 0 atom stereocenters. The van der Waals surface area contributed by atoms with Gasteiger partial charge >= 0.3 is 0 Å². The van der Waals surface area contributed by atoms with Gasteiger partial charge in [-0.05, 0) is 55.5 Å². The molecule has 0 fully saturated rings. The predicted octanol–water partition coefficient (Wildman–Crippen LogP) is 5.55. The molecule has 0 aliphatic rings. The summed E-state index contributed by atoms with van der Waals surface area (Å²) >= 11 is 1.19. The van der Waals surface area contributed by atoms with Crippen molar-refractivity contribution in [2.75, 3.05) is 17.1 Å². The molecule has 0 saturated carbocycles. The van der Waals surface area contributed by atoms with Crippen molar-refractivity contribution >= 4 is 48.7 Å². The minimum atomic E-state index is -3.72. The van der Waals surface area contributed by atoms with Gasteiger partial charge < -0.3 is 10.1 Å². The lowest BCUT2D eigenvalue weighted by atomic mass is 10.1. The minimum absolute atomic E-state index is 0.101. The lowest BCUT2D eigenvalue weighted by Crippen LogP contribution is -2.14. The molecule has 6 nitrogen and oxygen atoms in total. The maximum absolute atomic E-state index is 14.4. The van der Waals surface area contributed by atoms with E-state index in [-0.39, 0.29) is 11.5 Å². The molecule has 1 aromatic heterocycles. The number of anilines is 2. The largest absolute Gasteiger partial charge is 0.380 e. The van der Waals surface area contributed by atoms with Gasteiger partial charge in [-0.15, -0.1) is 11.3 Å². The SMILES string of the molecule is COCc1c(C(=O)Nc2ccc(NS(=O)(=O)c3ccc(C)cc3)cc2)sc2cccc(F)c12. The van der Waals surface area contributed by atoms with E-state index in [1.54, 1.807) is 48.5 Å².